The van der Waals surface area contributed by atoms with Crippen molar-refractivity contribution in [2.24, 2.45) is 5.73 Å². The maximum Gasteiger partial charge on any atom is 0.277 e. The van der Waals surface area contributed by atoms with E-state index in [9.17, 15) is 22.0 Å². The number of carbonyl (C=O) groups is 1. The predicted octanol–water partition coefficient (Wildman–Crippen LogP) is 2.03. The van der Waals surface area contributed by atoms with E-state index in [1.54, 1.807) is 12.1 Å². The maximum atomic E-state index is 13.1. The Hall–Kier alpha value is -1.11. The van der Waals surface area contributed by atoms with E-state index in [1.807, 2.05) is 10.7 Å². The van der Waals surface area contributed by atoms with Crippen molar-refractivity contribution in [1.29, 1.82) is 0 Å². The van der Waals surface area contributed by atoms with Gasteiger partial charge >= 0.3 is 0 Å². The van der Waals surface area contributed by atoms with E-state index >= 15 is 0 Å². The van der Waals surface area contributed by atoms with Gasteiger partial charge in [0.2, 0.25) is 10.0 Å². The highest BCUT2D eigenvalue weighted by molar-refractivity contribution is 7.89. The van der Waals surface area contributed by atoms with Crippen LogP contribution < -0.4 is 15.8 Å². The molecule has 0 bridgehead atoms. The third-order valence-electron chi connectivity index (χ3n) is 2.95. The molecule has 25 heavy (non-hydrogen) atoms. The van der Waals surface area contributed by atoms with E-state index in [1.165, 1.54) is 22.8 Å². The molecule has 1 amide bonds. The summed E-state index contributed by atoms with van der Waals surface area (Å²) in [5, 5.41) is 5.23. The molecule has 2 heterocycles. The fourth-order valence-electron chi connectivity index (χ4n) is 1.69. The zero-order chi connectivity index (χ0) is 17.8. The molecule has 0 saturated heterocycles. The number of nitrogens with one attached hydrogen (secondary N) is 2. The molecule has 0 saturated carbocycles. The second kappa shape index (κ2) is 9.01. The molecule has 0 unspecified atom stereocenters. The summed E-state index contributed by atoms with van der Waals surface area (Å²) in [5.74, 6) is -4.13. The quantitative estimate of drug-likeness (QED) is 0.595. The Balaban J connectivity index is 0.00000312. The maximum absolute atomic E-state index is 13.1. The molecular weight excluding hydrogens is 416 g/mol. The number of sulfonamides is 1. The number of rotatable bonds is 8. The standard InChI is InChI=1S/C13H15F2N3O3S3.ClH/c14-13(15,7-16)8-17-12(19)11-10(3-5-23-11)24(20,21)18-6-9-2-1-4-22-9;/h1-5,18H,6-8,16H2,(H,17,19);1H. The lowest BCUT2D eigenvalue weighted by Gasteiger charge is -2.14. The van der Waals surface area contributed by atoms with Gasteiger partial charge in [-0.25, -0.2) is 21.9 Å². The number of hydrogen-bond acceptors (Lipinski definition) is 6. The first kappa shape index (κ1) is 21.9. The van der Waals surface area contributed by atoms with Crippen molar-refractivity contribution in [2.75, 3.05) is 13.1 Å². The molecule has 0 fully saturated rings. The van der Waals surface area contributed by atoms with Gasteiger partial charge in [-0.2, -0.15) is 0 Å². The average Bonchev–Trinajstić information content (AvgIpc) is 3.22. The van der Waals surface area contributed by atoms with Gasteiger partial charge in [-0.15, -0.1) is 35.1 Å². The minimum Gasteiger partial charge on any atom is -0.345 e. The van der Waals surface area contributed by atoms with E-state index in [0.717, 1.165) is 16.2 Å². The molecule has 12 heteroatoms. The van der Waals surface area contributed by atoms with Crippen molar-refractivity contribution in [1.82, 2.24) is 10.0 Å². The predicted molar refractivity (Wildman–Crippen MR) is 96.2 cm³/mol. The van der Waals surface area contributed by atoms with Crippen LogP contribution in [-0.4, -0.2) is 33.3 Å². The first-order valence-corrected chi connectivity index (χ1v) is 9.95. The van der Waals surface area contributed by atoms with E-state index in [0.29, 0.717) is 0 Å². The Labute approximate surface area is 157 Å². The van der Waals surface area contributed by atoms with E-state index in [-0.39, 0.29) is 28.7 Å². The van der Waals surface area contributed by atoms with Gasteiger partial charge in [0.05, 0.1) is 13.1 Å². The lowest BCUT2D eigenvalue weighted by atomic mass is 10.3. The van der Waals surface area contributed by atoms with Crippen LogP contribution in [0.5, 0.6) is 0 Å². The molecule has 2 aromatic rings. The van der Waals surface area contributed by atoms with Gasteiger partial charge in [-0.3, -0.25) is 4.79 Å². The van der Waals surface area contributed by atoms with Crippen molar-refractivity contribution in [3.63, 3.8) is 0 Å². The topological polar surface area (TPSA) is 101 Å². The Morgan fingerprint density at radius 1 is 1.24 bits per heavy atom. The molecule has 0 aliphatic rings. The number of carbonyl (C=O) groups excluding carboxylic acids is 1. The minimum atomic E-state index is -3.93. The van der Waals surface area contributed by atoms with Gasteiger partial charge in [-0.1, -0.05) is 6.07 Å². The van der Waals surface area contributed by atoms with Crippen molar-refractivity contribution in [3.05, 3.63) is 38.7 Å². The lowest BCUT2D eigenvalue weighted by molar-refractivity contribution is 0.0119. The average molecular weight is 432 g/mol. The van der Waals surface area contributed by atoms with Crippen molar-refractivity contribution in [3.8, 4) is 0 Å². The molecule has 2 rings (SSSR count). The van der Waals surface area contributed by atoms with E-state index in [2.05, 4.69) is 4.72 Å². The molecule has 0 spiro atoms. The molecule has 2 aromatic heterocycles. The van der Waals surface area contributed by atoms with E-state index in [4.69, 9.17) is 5.73 Å². The zero-order valence-corrected chi connectivity index (χ0v) is 16.0. The molecule has 0 aliphatic heterocycles. The number of hydrogen-bond donors (Lipinski definition) is 3. The summed E-state index contributed by atoms with van der Waals surface area (Å²) >= 11 is 2.25. The van der Waals surface area contributed by atoms with Gasteiger partial charge in [0.1, 0.15) is 9.77 Å². The van der Waals surface area contributed by atoms with E-state index < -0.39 is 34.9 Å². The second-order valence-corrected chi connectivity index (χ2v) is 8.44. The molecule has 4 N–H and O–H groups in total. The second-order valence-electron chi connectivity index (χ2n) is 4.76. The van der Waals surface area contributed by atoms with Crippen LogP contribution in [0.1, 0.15) is 14.5 Å². The number of alkyl halides is 2. The van der Waals surface area contributed by atoms with Gasteiger partial charge in [0, 0.05) is 11.4 Å². The van der Waals surface area contributed by atoms with Gasteiger partial charge in [0.15, 0.2) is 0 Å². The molecule has 0 aromatic carbocycles. The van der Waals surface area contributed by atoms with Crippen LogP contribution in [0.25, 0.3) is 0 Å². The SMILES string of the molecule is Cl.NCC(F)(F)CNC(=O)c1sccc1S(=O)(=O)NCc1cccs1. The van der Waals surface area contributed by atoms with Crippen LogP contribution >= 0.6 is 35.1 Å². The normalized spacial score (nSPS) is 11.8. The molecule has 0 aliphatic carbocycles. The smallest absolute Gasteiger partial charge is 0.277 e. The highest BCUT2D eigenvalue weighted by Crippen LogP contribution is 2.23. The Kier molecular flexibility index (Phi) is 7.90. The van der Waals surface area contributed by atoms with Crippen LogP contribution in [-0.2, 0) is 16.6 Å². The molecule has 0 radical (unpaired) electrons. The largest absolute Gasteiger partial charge is 0.345 e. The Morgan fingerprint density at radius 3 is 2.56 bits per heavy atom. The monoisotopic (exact) mass is 431 g/mol. The number of amides is 1. The van der Waals surface area contributed by atoms with Crippen LogP contribution in [0.4, 0.5) is 8.78 Å². The molecule has 0 atom stereocenters. The third kappa shape index (κ3) is 5.97. The molecule has 140 valence electrons. The highest BCUT2D eigenvalue weighted by atomic mass is 35.5. The summed E-state index contributed by atoms with van der Waals surface area (Å²) in [6.45, 7) is -1.78. The van der Waals surface area contributed by atoms with Gasteiger partial charge in [-0.05, 0) is 22.9 Å². The van der Waals surface area contributed by atoms with Crippen LogP contribution in [0, 0.1) is 0 Å². The summed E-state index contributed by atoms with van der Waals surface area (Å²) in [4.78, 5) is 12.4. The Morgan fingerprint density at radius 2 is 1.96 bits per heavy atom. The highest BCUT2D eigenvalue weighted by Gasteiger charge is 2.29. The van der Waals surface area contributed by atoms with Crippen molar-refractivity contribution in [2.45, 2.75) is 17.4 Å². The fourth-order valence-corrected chi connectivity index (χ4v) is 4.78. The van der Waals surface area contributed by atoms with Crippen molar-refractivity contribution < 1.29 is 22.0 Å². The molecule has 6 nitrogen and oxygen atoms in total. The van der Waals surface area contributed by atoms with Gasteiger partial charge < -0.3 is 11.1 Å². The van der Waals surface area contributed by atoms with Crippen LogP contribution in [0.2, 0.25) is 0 Å². The van der Waals surface area contributed by atoms with Crippen LogP contribution in [0.15, 0.2) is 33.9 Å². The minimum absolute atomic E-state index is 0. The summed E-state index contributed by atoms with van der Waals surface area (Å²) < 4.78 is 53.2. The number of nitrogens with two attached hydrogens (primary N) is 1. The van der Waals surface area contributed by atoms with Crippen LogP contribution in [0.3, 0.4) is 0 Å². The zero-order valence-electron chi connectivity index (χ0n) is 12.7. The summed E-state index contributed by atoms with van der Waals surface area (Å²) in [5.41, 5.74) is 4.89. The lowest BCUT2D eigenvalue weighted by Crippen LogP contribution is -2.41. The number of halogens is 3. The number of thiophene rings is 2. The summed E-state index contributed by atoms with van der Waals surface area (Å²) in [6, 6.07) is 4.82. The first-order valence-electron chi connectivity index (χ1n) is 6.71. The Bertz CT molecular complexity index is 795. The molecular formula is C13H16ClF2N3O3S3. The first-order chi connectivity index (χ1) is 11.2. The van der Waals surface area contributed by atoms with Gasteiger partial charge in [0.25, 0.3) is 11.8 Å². The van der Waals surface area contributed by atoms with Crippen molar-refractivity contribution >= 4 is 51.0 Å². The fraction of sp³-hybridized carbons (Fsp3) is 0.308. The third-order valence-corrected chi connectivity index (χ3v) is 6.31. The summed E-state index contributed by atoms with van der Waals surface area (Å²) in [7, 11) is -3.93. The summed E-state index contributed by atoms with van der Waals surface area (Å²) in [6.07, 6.45) is 0.